The first-order valence-electron chi connectivity index (χ1n) is 7.48. The fourth-order valence-corrected chi connectivity index (χ4v) is 2.77. The zero-order chi connectivity index (χ0) is 15.5. The Hall–Kier alpha value is -1.84. The van der Waals surface area contributed by atoms with Crippen LogP contribution in [0.3, 0.4) is 0 Å². The Balaban J connectivity index is 1.89. The minimum Gasteiger partial charge on any atom is -0.480 e. The normalized spacial score (nSPS) is 16.8. The lowest BCUT2D eigenvalue weighted by molar-refractivity contribution is -0.158. The number of carboxylic acids is 1. The number of likely N-dealkylation sites (tertiary alicyclic amines) is 1. The molecule has 0 aromatic heterocycles. The van der Waals surface area contributed by atoms with E-state index < -0.39 is 11.4 Å². The summed E-state index contributed by atoms with van der Waals surface area (Å²) in [6.45, 7) is 4.28. The van der Waals surface area contributed by atoms with E-state index in [1.165, 1.54) is 19.4 Å². The van der Waals surface area contributed by atoms with Crippen LogP contribution in [-0.4, -0.2) is 35.0 Å². The number of benzene rings is 1. The quantitative estimate of drug-likeness (QED) is 0.867. The molecule has 1 amide bonds. The Morgan fingerprint density at radius 2 is 1.76 bits per heavy atom. The number of hydrogen-bond donors (Lipinski definition) is 1. The zero-order valence-electron chi connectivity index (χ0n) is 12.7. The molecule has 0 saturated carbocycles. The molecular weight excluding hydrogens is 266 g/mol. The molecule has 2 rings (SSSR count). The van der Waals surface area contributed by atoms with Gasteiger partial charge in [0.1, 0.15) is 5.41 Å². The summed E-state index contributed by atoms with van der Waals surface area (Å²) in [5.41, 5.74) is -0.000133. The molecule has 114 valence electrons. The second kappa shape index (κ2) is 6.29. The topological polar surface area (TPSA) is 57.6 Å². The van der Waals surface area contributed by atoms with Crippen LogP contribution in [0, 0.1) is 11.3 Å². The minimum atomic E-state index is -1.33. The van der Waals surface area contributed by atoms with Crippen LogP contribution in [0.15, 0.2) is 30.3 Å². The Bertz CT molecular complexity index is 502. The van der Waals surface area contributed by atoms with Crippen molar-refractivity contribution < 1.29 is 14.7 Å². The number of nitrogens with zero attached hydrogens (tertiary/aromatic N) is 1. The second-order valence-electron chi connectivity index (χ2n) is 6.36. The summed E-state index contributed by atoms with van der Waals surface area (Å²) >= 11 is 0. The maximum Gasteiger partial charge on any atom is 0.318 e. The molecule has 1 aromatic carbocycles. The van der Waals surface area contributed by atoms with Crippen molar-refractivity contribution in [1.29, 1.82) is 0 Å². The third-order valence-corrected chi connectivity index (χ3v) is 4.34. The number of aliphatic carboxylic acids is 1. The highest BCUT2D eigenvalue weighted by atomic mass is 16.4. The van der Waals surface area contributed by atoms with E-state index in [-0.39, 0.29) is 5.91 Å². The van der Waals surface area contributed by atoms with Crippen molar-refractivity contribution in [2.75, 3.05) is 13.1 Å². The zero-order valence-corrected chi connectivity index (χ0v) is 12.7. The minimum absolute atomic E-state index is 0.270. The highest BCUT2D eigenvalue weighted by Gasteiger charge is 2.40. The monoisotopic (exact) mass is 289 g/mol. The molecule has 21 heavy (non-hydrogen) atoms. The molecule has 0 unspecified atom stereocenters. The number of carboxylic acid groups (broad SMARTS) is 1. The van der Waals surface area contributed by atoms with Crippen LogP contribution in [0.4, 0.5) is 0 Å². The van der Waals surface area contributed by atoms with Gasteiger partial charge in [0, 0.05) is 13.1 Å². The van der Waals surface area contributed by atoms with E-state index >= 15 is 0 Å². The predicted octanol–water partition coefficient (Wildman–Crippen LogP) is 2.58. The maximum atomic E-state index is 12.3. The molecule has 4 heteroatoms. The molecule has 1 N–H and O–H groups in total. The van der Waals surface area contributed by atoms with Gasteiger partial charge < -0.3 is 10.0 Å². The first kappa shape index (κ1) is 15.5. The van der Waals surface area contributed by atoms with Crippen LogP contribution in [0.5, 0.6) is 0 Å². The van der Waals surface area contributed by atoms with Crippen LogP contribution in [-0.2, 0) is 16.0 Å². The number of amides is 1. The highest BCUT2D eigenvalue weighted by molar-refractivity contribution is 6.01. The number of hydrogen-bond acceptors (Lipinski definition) is 2. The Morgan fingerprint density at radius 3 is 2.29 bits per heavy atom. The Kier molecular flexibility index (Phi) is 4.66. The standard InChI is InChI=1S/C17H23NO3/c1-17(2,16(20)21)15(19)18-10-8-14(9-11-18)12-13-6-4-3-5-7-13/h3-7,14H,8-12H2,1-2H3,(H,20,21). The fraction of sp³-hybridized carbons (Fsp3) is 0.529. The lowest BCUT2D eigenvalue weighted by atomic mass is 9.87. The molecular formula is C17H23NO3. The molecule has 1 aliphatic heterocycles. The van der Waals surface area contributed by atoms with E-state index in [9.17, 15) is 9.59 Å². The number of carbonyl (C=O) groups excluding carboxylic acids is 1. The van der Waals surface area contributed by atoms with Crippen LogP contribution in [0.25, 0.3) is 0 Å². The first-order valence-corrected chi connectivity index (χ1v) is 7.48. The molecule has 0 bridgehead atoms. The average Bonchev–Trinajstić information content (AvgIpc) is 2.48. The molecule has 1 heterocycles. The van der Waals surface area contributed by atoms with Crippen molar-refractivity contribution in [3.63, 3.8) is 0 Å². The van der Waals surface area contributed by atoms with Gasteiger partial charge in [-0.1, -0.05) is 30.3 Å². The third-order valence-electron chi connectivity index (χ3n) is 4.34. The van der Waals surface area contributed by atoms with Gasteiger partial charge >= 0.3 is 5.97 Å². The van der Waals surface area contributed by atoms with Crippen LogP contribution >= 0.6 is 0 Å². The maximum absolute atomic E-state index is 12.3. The van der Waals surface area contributed by atoms with Crippen molar-refractivity contribution in [2.45, 2.75) is 33.1 Å². The van der Waals surface area contributed by atoms with E-state index in [4.69, 9.17) is 5.11 Å². The summed E-state index contributed by atoms with van der Waals surface area (Å²) in [5.74, 6) is -0.753. The average molecular weight is 289 g/mol. The molecule has 0 spiro atoms. The van der Waals surface area contributed by atoms with E-state index in [1.807, 2.05) is 18.2 Å². The van der Waals surface area contributed by atoms with Gasteiger partial charge in [-0.05, 0) is 44.6 Å². The van der Waals surface area contributed by atoms with Gasteiger partial charge in [0.15, 0.2) is 0 Å². The fourth-order valence-electron chi connectivity index (χ4n) is 2.77. The summed E-state index contributed by atoms with van der Waals surface area (Å²) < 4.78 is 0. The molecule has 1 aliphatic rings. The SMILES string of the molecule is CC(C)(C(=O)O)C(=O)N1CCC(Cc2ccccc2)CC1. The smallest absolute Gasteiger partial charge is 0.318 e. The van der Waals surface area contributed by atoms with Crippen molar-refractivity contribution in [1.82, 2.24) is 4.90 Å². The summed E-state index contributed by atoms with van der Waals surface area (Å²) in [4.78, 5) is 25.1. The Morgan fingerprint density at radius 1 is 1.19 bits per heavy atom. The van der Waals surface area contributed by atoms with Gasteiger partial charge in [-0.2, -0.15) is 0 Å². The highest BCUT2D eigenvalue weighted by Crippen LogP contribution is 2.26. The van der Waals surface area contributed by atoms with Gasteiger partial charge in [-0.15, -0.1) is 0 Å². The number of rotatable bonds is 4. The van der Waals surface area contributed by atoms with E-state index in [0.717, 1.165) is 19.3 Å². The van der Waals surface area contributed by atoms with Crippen molar-refractivity contribution in [3.8, 4) is 0 Å². The molecule has 4 nitrogen and oxygen atoms in total. The summed E-state index contributed by atoms with van der Waals surface area (Å²) in [6.07, 6.45) is 2.91. The third kappa shape index (κ3) is 3.63. The van der Waals surface area contributed by atoms with E-state index in [0.29, 0.717) is 19.0 Å². The molecule has 1 fully saturated rings. The van der Waals surface area contributed by atoms with Gasteiger partial charge in [0.25, 0.3) is 0 Å². The van der Waals surface area contributed by atoms with Gasteiger partial charge in [0.2, 0.25) is 5.91 Å². The molecule has 0 radical (unpaired) electrons. The molecule has 0 atom stereocenters. The van der Waals surface area contributed by atoms with Gasteiger partial charge in [-0.3, -0.25) is 9.59 Å². The van der Waals surface area contributed by atoms with Crippen molar-refractivity contribution >= 4 is 11.9 Å². The second-order valence-corrected chi connectivity index (χ2v) is 6.36. The Labute approximate surface area is 125 Å². The number of carbonyl (C=O) groups is 2. The van der Waals surface area contributed by atoms with Gasteiger partial charge in [-0.25, -0.2) is 0 Å². The van der Waals surface area contributed by atoms with Crippen LogP contribution < -0.4 is 0 Å². The molecule has 0 aliphatic carbocycles. The molecule has 1 aromatic rings. The lowest BCUT2D eigenvalue weighted by Gasteiger charge is -2.35. The largest absolute Gasteiger partial charge is 0.480 e. The van der Waals surface area contributed by atoms with E-state index in [2.05, 4.69) is 12.1 Å². The van der Waals surface area contributed by atoms with Crippen molar-refractivity contribution in [2.24, 2.45) is 11.3 Å². The van der Waals surface area contributed by atoms with E-state index in [1.54, 1.807) is 4.90 Å². The predicted molar refractivity (Wildman–Crippen MR) is 80.9 cm³/mol. The summed E-state index contributed by atoms with van der Waals surface area (Å²) in [7, 11) is 0. The van der Waals surface area contributed by atoms with Gasteiger partial charge in [0.05, 0.1) is 0 Å². The molecule has 1 saturated heterocycles. The first-order chi connectivity index (χ1) is 9.91. The lowest BCUT2D eigenvalue weighted by Crippen LogP contribution is -2.48. The van der Waals surface area contributed by atoms with Crippen molar-refractivity contribution in [3.05, 3.63) is 35.9 Å². The van der Waals surface area contributed by atoms with Crippen LogP contribution in [0.2, 0.25) is 0 Å². The summed E-state index contributed by atoms with van der Waals surface area (Å²) in [6, 6.07) is 10.4. The van der Waals surface area contributed by atoms with Crippen LogP contribution in [0.1, 0.15) is 32.3 Å². The number of piperidine rings is 1. The summed E-state index contributed by atoms with van der Waals surface area (Å²) in [5, 5.41) is 9.14.